The van der Waals surface area contributed by atoms with Gasteiger partial charge in [0.2, 0.25) is 0 Å². The lowest BCUT2D eigenvalue weighted by molar-refractivity contribution is 0.0696. The summed E-state index contributed by atoms with van der Waals surface area (Å²) in [6, 6.07) is 8.63. The first kappa shape index (κ1) is 13.9. The number of carboxylic acids is 1. The molecular weight excluding hydrogens is 336 g/mol. The molecule has 1 aliphatic rings. The fourth-order valence-electron chi connectivity index (χ4n) is 2.24. The number of aromatic carboxylic acids is 1. The van der Waals surface area contributed by atoms with E-state index in [1.165, 1.54) is 12.1 Å². The molecular formula is C15H13BrN2O3. The molecule has 0 atom stereocenters. The Bertz CT molecular complexity index is 719. The number of carbonyl (C=O) groups is 2. The van der Waals surface area contributed by atoms with Crippen LogP contribution < -0.4 is 5.32 Å². The van der Waals surface area contributed by atoms with E-state index >= 15 is 0 Å². The zero-order valence-electron chi connectivity index (χ0n) is 11.0. The molecule has 1 aliphatic carbocycles. The Hall–Kier alpha value is -2.08. The van der Waals surface area contributed by atoms with E-state index in [9.17, 15) is 9.59 Å². The van der Waals surface area contributed by atoms with Crippen LogP contribution >= 0.6 is 15.9 Å². The van der Waals surface area contributed by atoms with E-state index in [1.54, 1.807) is 12.1 Å². The summed E-state index contributed by atoms with van der Waals surface area (Å²) in [5, 5.41) is 11.8. The smallest absolute Gasteiger partial charge is 0.335 e. The molecule has 2 N–H and O–H groups in total. The minimum absolute atomic E-state index is 0.122. The highest BCUT2D eigenvalue weighted by molar-refractivity contribution is 9.10. The maximum atomic E-state index is 12.3. The number of carboxylic acid groups (broad SMARTS) is 1. The number of nitrogens with one attached hydrogen (secondary N) is 1. The molecule has 1 heterocycles. The van der Waals surface area contributed by atoms with Crippen LogP contribution in [0.1, 0.15) is 39.7 Å². The molecule has 0 bridgehead atoms. The van der Waals surface area contributed by atoms with Gasteiger partial charge in [0.15, 0.2) is 0 Å². The number of nitrogens with zero attached hydrogens (tertiary/aromatic N) is 1. The van der Waals surface area contributed by atoms with Gasteiger partial charge in [-0.25, -0.2) is 4.79 Å². The Morgan fingerprint density at radius 1 is 1.29 bits per heavy atom. The van der Waals surface area contributed by atoms with Crippen molar-refractivity contribution in [2.75, 3.05) is 5.32 Å². The number of hydrogen-bond donors (Lipinski definition) is 2. The lowest BCUT2D eigenvalue weighted by Crippen LogP contribution is -2.16. The highest BCUT2D eigenvalue weighted by Crippen LogP contribution is 2.36. The Balaban J connectivity index is 1.84. The van der Waals surface area contributed by atoms with Gasteiger partial charge in [0.1, 0.15) is 5.69 Å². The molecule has 108 valence electrons. The van der Waals surface area contributed by atoms with Crippen molar-refractivity contribution in [2.45, 2.75) is 18.9 Å². The molecule has 1 amide bonds. The number of carbonyl (C=O) groups excluding carboxylic acids is 1. The first-order chi connectivity index (χ1) is 10.0. The van der Waals surface area contributed by atoms with Gasteiger partial charge in [0, 0.05) is 22.4 Å². The van der Waals surface area contributed by atoms with Crippen molar-refractivity contribution in [3.05, 3.63) is 52.3 Å². The van der Waals surface area contributed by atoms with Crippen molar-refractivity contribution in [3.63, 3.8) is 0 Å². The van der Waals surface area contributed by atoms with Crippen LogP contribution in [0.5, 0.6) is 0 Å². The maximum Gasteiger partial charge on any atom is 0.335 e. The molecule has 0 unspecified atom stereocenters. The van der Waals surface area contributed by atoms with Crippen LogP contribution in [0, 0.1) is 0 Å². The second kappa shape index (κ2) is 5.37. The molecule has 1 fully saturated rings. The summed E-state index contributed by atoms with van der Waals surface area (Å²) in [5.41, 5.74) is 1.17. The highest BCUT2D eigenvalue weighted by atomic mass is 79.9. The molecule has 0 aliphatic heterocycles. The van der Waals surface area contributed by atoms with Crippen LogP contribution in [0.4, 0.5) is 5.69 Å². The summed E-state index contributed by atoms with van der Waals surface area (Å²) in [6.07, 6.45) is 4.08. The van der Waals surface area contributed by atoms with Gasteiger partial charge in [0.05, 0.1) is 5.56 Å². The third-order valence-corrected chi connectivity index (χ3v) is 3.81. The predicted molar refractivity (Wildman–Crippen MR) is 81.8 cm³/mol. The molecule has 0 spiro atoms. The average Bonchev–Trinajstić information content (AvgIpc) is 3.15. The van der Waals surface area contributed by atoms with E-state index in [0.29, 0.717) is 21.9 Å². The third-order valence-electron chi connectivity index (χ3n) is 3.35. The summed E-state index contributed by atoms with van der Waals surface area (Å²) < 4.78 is 2.57. The SMILES string of the molecule is O=C(O)c1cc(Br)cc(NC(=O)c2cccn2C2CC2)c1. The molecule has 6 heteroatoms. The van der Waals surface area contributed by atoms with Gasteiger partial charge in [-0.1, -0.05) is 15.9 Å². The lowest BCUT2D eigenvalue weighted by atomic mass is 10.2. The van der Waals surface area contributed by atoms with Crippen LogP contribution in [0.3, 0.4) is 0 Å². The van der Waals surface area contributed by atoms with Gasteiger partial charge >= 0.3 is 5.97 Å². The fourth-order valence-corrected chi connectivity index (χ4v) is 2.73. The topological polar surface area (TPSA) is 71.3 Å². The lowest BCUT2D eigenvalue weighted by Gasteiger charge is -2.10. The molecule has 5 nitrogen and oxygen atoms in total. The van der Waals surface area contributed by atoms with Crippen molar-refractivity contribution < 1.29 is 14.7 Å². The number of benzene rings is 1. The molecule has 0 saturated heterocycles. The van der Waals surface area contributed by atoms with E-state index in [1.807, 2.05) is 16.8 Å². The zero-order valence-corrected chi connectivity index (χ0v) is 12.6. The largest absolute Gasteiger partial charge is 0.478 e. The summed E-state index contributed by atoms with van der Waals surface area (Å²) in [6.45, 7) is 0. The normalized spacial score (nSPS) is 14.0. The quantitative estimate of drug-likeness (QED) is 0.887. The number of amides is 1. The van der Waals surface area contributed by atoms with Gasteiger partial charge in [-0.15, -0.1) is 0 Å². The minimum Gasteiger partial charge on any atom is -0.478 e. The van der Waals surface area contributed by atoms with E-state index < -0.39 is 5.97 Å². The van der Waals surface area contributed by atoms with Gasteiger partial charge in [0.25, 0.3) is 5.91 Å². The van der Waals surface area contributed by atoms with E-state index in [2.05, 4.69) is 21.2 Å². The second-order valence-electron chi connectivity index (χ2n) is 5.02. The Labute approximate surface area is 129 Å². The highest BCUT2D eigenvalue weighted by Gasteiger charge is 2.26. The summed E-state index contributed by atoms with van der Waals surface area (Å²) >= 11 is 3.25. The van der Waals surface area contributed by atoms with Gasteiger partial charge in [-0.3, -0.25) is 4.79 Å². The van der Waals surface area contributed by atoms with Crippen molar-refractivity contribution in [1.29, 1.82) is 0 Å². The number of aromatic nitrogens is 1. The fraction of sp³-hybridized carbons (Fsp3) is 0.200. The second-order valence-corrected chi connectivity index (χ2v) is 5.94. The number of anilines is 1. The van der Waals surface area contributed by atoms with Crippen molar-refractivity contribution in [1.82, 2.24) is 4.57 Å². The molecule has 1 aromatic carbocycles. The molecule has 1 aromatic heterocycles. The van der Waals surface area contributed by atoms with Crippen molar-refractivity contribution in [3.8, 4) is 0 Å². The van der Waals surface area contributed by atoms with Gasteiger partial charge in [-0.05, 0) is 43.2 Å². The van der Waals surface area contributed by atoms with Crippen LogP contribution in [0.15, 0.2) is 41.0 Å². The van der Waals surface area contributed by atoms with Crippen LogP contribution in [0.2, 0.25) is 0 Å². The van der Waals surface area contributed by atoms with Gasteiger partial charge < -0.3 is 15.0 Å². The van der Waals surface area contributed by atoms with Crippen molar-refractivity contribution in [2.24, 2.45) is 0 Å². The first-order valence-corrected chi connectivity index (χ1v) is 7.36. The summed E-state index contributed by atoms with van der Waals surface area (Å²) in [7, 11) is 0. The standard InChI is InChI=1S/C15H13BrN2O3/c16-10-6-9(15(20)21)7-11(8-10)17-14(19)13-2-1-5-18(13)12-3-4-12/h1-2,5-8,12H,3-4H2,(H,17,19)(H,20,21). The molecule has 1 saturated carbocycles. The number of halogens is 1. The maximum absolute atomic E-state index is 12.3. The van der Waals surface area contributed by atoms with Gasteiger partial charge in [-0.2, -0.15) is 0 Å². The van der Waals surface area contributed by atoms with Crippen molar-refractivity contribution >= 4 is 33.5 Å². The summed E-state index contributed by atoms with van der Waals surface area (Å²) in [4.78, 5) is 23.4. The Morgan fingerprint density at radius 3 is 2.71 bits per heavy atom. The third kappa shape index (κ3) is 3.00. The average molecular weight is 349 g/mol. The molecule has 0 radical (unpaired) electrons. The van der Waals surface area contributed by atoms with Crippen LogP contribution in [-0.2, 0) is 0 Å². The Morgan fingerprint density at radius 2 is 2.05 bits per heavy atom. The number of hydrogen-bond acceptors (Lipinski definition) is 2. The number of rotatable bonds is 4. The van der Waals surface area contributed by atoms with E-state index in [4.69, 9.17) is 5.11 Å². The molecule has 21 heavy (non-hydrogen) atoms. The summed E-state index contributed by atoms with van der Waals surface area (Å²) in [5.74, 6) is -1.27. The Kier molecular flexibility index (Phi) is 3.55. The predicted octanol–water partition coefficient (Wildman–Crippen LogP) is 3.54. The molecule has 3 rings (SSSR count). The van der Waals surface area contributed by atoms with Crippen LogP contribution in [-0.4, -0.2) is 21.6 Å². The van der Waals surface area contributed by atoms with Crippen LogP contribution in [0.25, 0.3) is 0 Å². The minimum atomic E-state index is -1.03. The zero-order chi connectivity index (χ0) is 15.0. The first-order valence-electron chi connectivity index (χ1n) is 6.56. The van der Waals surface area contributed by atoms with E-state index in [-0.39, 0.29) is 11.5 Å². The van der Waals surface area contributed by atoms with E-state index in [0.717, 1.165) is 12.8 Å². The monoisotopic (exact) mass is 348 g/mol. The molecule has 2 aromatic rings.